The van der Waals surface area contributed by atoms with Gasteiger partial charge in [0.25, 0.3) is 5.91 Å². The maximum Gasteiger partial charge on any atom is 0.267 e. The van der Waals surface area contributed by atoms with E-state index in [1.165, 1.54) is 18.2 Å². The van der Waals surface area contributed by atoms with Crippen molar-refractivity contribution < 1.29 is 14.4 Å². The van der Waals surface area contributed by atoms with E-state index in [9.17, 15) is 9.18 Å². The molecule has 1 atom stereocenters. The lowest BCUT2D eigenvalue weighted by atomic mass is 10.1. The van der Waals surface area contributed by atoms with Crippen molar-refractivity contribution in [2.45, 2.75) is 19.4 Å². The quantitative estimate of drug-likeness (QED) is 0.260. The van der Waals surface area contributed by atoms with Gasteiger partial charge in [0, 0.05) is 17.7 Å². The van der Waals surface area contributed by atoms with Crippen molar-refractivity contribution in [3.63, 3.8) is 0 Å². The van der Waals surface area contributed by atoms with Crippen LogP contribution in [0, 0.1) is 5.82 Å². The van der Waals surface area contributed by atoms with Gasteiger partial charge >= 0.3 is 0 Å². The van der Waals surface area contributed by atoms with Crippen LogP contribution in [0.5, 0.6) is 0 Å². The average molecular weight is 415 g/mol. The fraction of sp³-hybridized carbons (Fsp3) is 0.120. The maximum atomic E-state index is 13.3. The van der Waals surface area contributed by atoms with Crippen LogP contribution in [0.25, 0.3) is 28.5 Å². The van der Waals surface area contributed by atoms with Crippen molar-refractivity contribution in [1.82, 2.24) is 15.0 Å². The summed E-state index contributed by atoms with van der Waals surface area (Å²) < 4.78 is 15.5. The molecule has 1 amide bonds. The molecule has 0 aliphatic heterocycles. The fourth-order valence-electron chi connectivity index (χ4n) is 3.74. The summed E-state index contributed by atoms with van der Waals surface area (Å²) in [6, 6.07) is 22.3. The fourth-order valence-corrected chi connectivity index (χ4v) is 3.74. The molecule has 1 unspecified atom stereocenters. The van der Waals surface area contributed by atoms with Gasteiger partial charge in [-0.25, -0.2) is 14.9 Å². The topological polar surface area (TPSA) is 67.2 Å². The Bertz CT molecular complexity index is 1250. The van der Waals surface area contributed by atoms with Gasteiger partial charge in [-0.2, -0.15) is 0 Å². The van der Waals surface area contributed by atoms with Gasteiger partial charge in [-0.05, 0) is 60.9 Å². The van der Waals surface area contributed by atoms with Gasteiger partial charge in [0.15, 0.2) is 0 Å². The van der Waals surface area contributed by atoms with Crippen molar-refractivity contribution in [1.29, 1.82) is 0 Å². The highest BCUT2D eigenvalue weighted by Gasteiger charge is 2.18. The van der Waals surface area contributed by atoms with E-state index in [-0.39, 0.29) is 11.9 Å². The SMILES string of the molecule is CC(Cc1ccc(F)cc1)n1c(-c2cccc(C=CC(=O)NO)c2)nc2ccccc21. The van der Waals surface area contributed by atoms with Crippen molar-refractivity contribution in [2.75, 3.05) is 0 Å². The molecule has 0 aliphatic carbocycles. The van der Waals surface area contributed by atoms with Crippen LogP contribution < -0.4 is 5.48 Å². The third kappa shape index (κ3) is 4.54. The zero-order valence-corrected chi connectivity index (χ0v) is 17.0. The van der Waals surface area contributed by atoms with E-state index >= 15 is 0 Å². The van der Waals surface area contributed by atoms with Crippen molar-refractivity contribution >= 4 is 23.0 Å². The normalized spacial score (nSPS) is 12.4. The number of imidazole rings is 1. The summed E-state index contributed by atoms with van der Waals surface area (Å²) in [7, 11) is 0. The number of halogens is 1. The smallest absolute Gasteiger partial charge is 0.267 e. The first-order valence-corrected chi connectivity index (χ1v) is 9.99. The minimum absolute atomic E-state index is 0.0761. The molecule has 3 aromatic carbocycles. The summed E-state index contributed by atoms with van der Waals surface area (Å²) in [4.78, 5) is 16.2. The van der Waals surface area contributed by atoms with Gasteiger partial charge in [-0.15, -0.1) is 0 Å². The zero-order valence-electron chi connectivity index (χ0n) is 17.0. The number of nitrogens with one attached hydrogen (secondary N) is 1. The molecule has 2 N–H and O–H groups in total. The first-order valence-electron chi connectivity index (χ1n) is 9.99. The van der Waals surface area contributed by atoms with Crippen LogP contribution in [-0.4, -0.2) is 20.7 Å². The standard InChI is InChI=1S/C25H22FN3O2/c1-17(15-19-9-12-21(26)13-10-19)29-23-8-3-2-7-22(23)27-25(29)20-6-4-5-18(16-20)11-14-24(30)28-31/h2-14,16-17,31H,15H2,1H3,(H,28,30). The third-order valence-electron chi connectivity index (χ3n) is 5.16. The largest absolute Gasteiger partial charge is 0.321 e. The number of hydrogen-bond acceptors (Lipinski definition) is 3. The lowest BCUT2D eigenvalue weighted by molar-refractivity contribution is -0.124. The van der Waals surface area contributed by atoms with Crippen LogP contribution in [0.15, 0.2) is 78.9 Å². The number of fused-ring (bicyclic) bond motifs is 1. The number of hydrogen-bond donors (Lipinski definition) is 2. The Hall–Kier alpha value is -3.77. The van der Waals surface area contributed by atoms with E-state index < -0.39 is 5.91 Å². The van der Waals surface area contributed by atoms with Crippen LogP contribution in [0.1, 0.15) is 24.1 Å². The summed E-state index contributed by atoms with van der Waals surface area (Å²) in [6.07, 6.45) is 3.62. The monoisotopic (exact) mass is 415 g/mol. The van der Waals surface area contributed by atoms with E-state index in [0.717, 1.165) is 40.0 Å². The van der Waals surface area contributed by atoms with E-state index in [1.54, 1.807) is 11.6 Å². The van der Waals surface area contributed by atoms with Crippen LogP contribution in [0.3, 0.4) is 0 Å². The number of aromatic nitrogens is 2. The Morgan fingerprint density at radius 1 is 1.13 bits per heavy atom. The summed E-state index contributed by atoms with van der Waals surface area (Å²) in [6.45, 7) is 2.12. The van der Waals surface area contributed by atoms with E-state index in [1.807, 2.05) is 60.7 Å². The Morgan fingerprint density at radius 3 is 2.68 bits per heavy atom. The van der Waals surface area contributed by atoms with Crippen LogP contribution in [0.4, 0.5) is 4.39 Å². The molecule has 0 saturated carbocycles. The summed E-state index contributed by atoms with van der Waals surface area (Å²) >= 11 is 0. The van der Waals surface area contributed by atoms with E-state index in [0.29, 0.717) is 0 Å². The molecule has 4 rings (SSSR count). The van der Waals surface area contributed by atoms with Crippen LogP contribution >= 0.6 is 0 Å². The molecule has 0 spiro atoms. The predicted octanol–water partition coefficient (Wildman–Crippen LogP) is 5.16. The highest BCUT2D eigenvalue weighted by atomic mass is 19.1. The average Bonchev–Trinajstić information content (AvgIpc) is 3.19. The number of hydroxylamine groups is 1. The number of para-hydroxylation sites is 2. The number of rotatable bonds is 6. The van der Waals surface area contributed by atoms with Gasteiger partial charge < -0.3 is 4.57 Å². The molecule has 0 aliphatic rings. The molecule has 4 aromatic rings. The van der Waals surface area contributed by atoms with E-state index in [4.69, 9.17) is 10.2 Å². The third-order valence-corrected chi connectivity index (χ3v) is 5.16. The second-order valence-corrected chi connectivity index (χ2v) is 7.41. The number of carbonyl (C=O) groups is 1. The second kappa shape index (κ2) is 8.93. The summed E-state index contributed by atoms with van der Waals surface area (Å²) in [5.74, 6) is -0.0202. The molecule has 5 nitrogen and oxygen atoms in total. The lowest BCUT2D eigenvalue weighted by Crippen LogP contribution is -2.14. The predicted molar refractivity (Wildman–Crippen MR) is 119 cm³/mol. The van der Waals surface area contributed by atoms with Gasteiger partial charge in [0.1, 0.15) is 11.6 Å². The minimum Gasteiger partial charge on any atom is -0.321 e. The highest BCUT2D eigenvalue weighted by Crippen LogP contribution is 2.30. The van der Waals surface area contributed by atoms with E-state index in [2.05, 4.69) is 11.5 Å². The first kappa shape index (κ1) is 20.5. The Morgan fingerprint density at radius 2 is 1.90 bits per heavy atom. The van der Waals surface area contributed by atoms with Crippen LogP contribution in [-0.2, 0) is 11.2 Å². The Kier molecular flexibility index (Phi) is 5.91. The number of carbonyl (C=O) groups excluding carboxylic acids is 1. The molecule has 0 radical (unpaired) electrons. The number of benzene rings is 3. The maximum absolute atomic E-state index is 13.3. The summed E-state index contributed by atoms with van der Waals surface area (Å²) in [5, 5.41) is 8.67. The molecule has 156 valence electrons. The van der Waals surface area contributed by atoms with Gasteiger partial charge in [-0.3, -0.25) is 10.0 Å². The molecule has 31 heavy (non-hydrogen) atoms. The molecule has 1 aromatic heterocycles. The Labute approximate surface area is 179 Å². The van der Waals surface area contributed by atoms with Crippen molar-refractivity contribution in [3.8, 4) is 11.4 Å². The molecule has 0 fully saturated rings. The minimum atomic E-state index is -0.592. The van der Waals surface area contributed by atoms with Gasteiger partial charge in [0.2, 0.25) is 0 Å². The van der Waals surface area contributed by atoms with Gasteiger partial charge in [0.05, 0.1) is 11.0 Å². The molecule has 0 saturated heterocycles. The molecule has 0 bridgehead atoms. The molecular formula is C25H22FN3O2. The molecule has 1 heterocycles. The number of nitrogens with zero attached hydrogens (tertiary/aromatic N) is 2. The van der Waals surface area contributed by atoms with Crippen LogP contribution in [0.2, 0.25) is 0 Å². The van der Waals surface area contributed by atoms with Crippen molar-refractivity contribution in [3.05, 3.63) is 95.8 Å². The molecular weight excluding hydrogens is 393 g/mol. The first-order chi connectivity index (χ1) is 15.0. The second-order valence-electron chi connectivity index (χ2n) is 7.41. The lowest BCUT2D eigenvalue weighted by Gasteiger charge is -2.18. The summed E-state index contributed by atoms with van der Waals surface area (Å²) in [5.41, 5.74) is 6.27. The van der Waals surface area contributed by atoms with Crippen molar-refractivity contribution in [2.24, 2.45) is 0 Å². The Balaban J connectivity index is 1.75. The zero-order chi connectivity index (χ0) is 21.8. The van der Waals surface area contributed by atoms with Gasteiger partial charge in [-0.1, -0.05) is 42.5 Å². The molecule has 6 heteroatoms. The highest BCUT2D eigenvalue weighted by molar-refractivity contribution is 5.91. The number of amides is 1.